The quantitative estimate of drug-likeness (QED) is 0.461. The van der Waals surface area contributed by atoms with Crippen LogP contribution in [0.5, 0.6) is 5.75 Å². The first-order valence-electron chi connectivity index (χ1n) is 9.88. The molecule has 2 aromatic rings. The van der Waals surface area contributed by atoms with Crippen LogP contribution in [0.2, 0.25) is 5.02 Å². The molecule has 0 fully saturated rings. The maximum Gasteiger partial charge on any atom is 0.262 e. The highest BCUT2D eigenvalue weighted by Crippen LogP contribution is 2.13. The molecule has 2 amide bonds. The fourth-order valence-electron chi connectivity index (χ4n) is 2.51. The molecule has 0 saturated carbocycles. The van der Waals surface area contributed by atoms with Gasteiger partial charge in [-0.15, -0.1) is 0 Å². The van der Waals surface area contributed by atoms with E-state index < -0.39 is 6.04 Å². The van der Waals surface area contributed by atoms with Crippen LogP contribution in [-0.4, -0.2) is 30.7 Å². The van der Waals surface area contributed by atoms with Gasteiger partial charge in [0.1, 0.15) is 11.8 Å². The lowest BCUT2D eigenvalue weighted by Gasteiger charge is -2.20. The molecule has 7 heteroatoms. The maximum atomic E-state index is 12.5. The van der Waals surface area contributed by atoms with Gasteiger partial charge < -0.3 is 10.1 Å². The third kappa shape index (κ3) is 7.52. The second-order valence-corrected chi connectivity index (χ2v) is 8.15. The van der Waals surface area contributed by atoms with Gasteiger partial charge in [0.25, 0.3) is 11.8 Å². The van der Waals surface area contributed by atoms with Crippen molar-refractivity contribution in [3.63, 3.8) is 0 Å². The summed E-state index contributed by atoms with van der Waals surface area (Å²) in [7, 11) is 0. The highest BCUT2D eigenvalue weighted by Gasteiger charge is 2.24. The number of halogens is 1. The molecule has 0 aliphatic heterocycles. The fourth-order valence-corrected chi connectivity index (χ4v) is 2.64. The second kappa shape index (κ2) is 11.4. The Balaban J connectivity index is 1.93. The van der Waals surface area contributed by atoms with Gasteiger partial charge in [-0.05, 0) is 65.9 Å². The van der Waals surface area contributed by atoms with Crippen molar-refractivity contribution < 1.29 is 14.3 Å². The number of carbonyl (C=O) groups excluding carboxylic acids is 2. The van der Waals surface area contributed by atoms with Crippen LogP contribution in [0.15, 0.2) is 53.6 Å². The predicted molar refractivity (Wildman–Crippen MR) is 120 cm³/mol. The van der Waals surface area contributed by atoms with Gasteiger partial charge in [-0.3, -0.25) is 9.59 Å². The number of nitrogens with one attached hydrogen (secondary N) is 2. The molecule has 1 unspecified atom stereocenters. The van der Waals surface area contributed by atoms with Gasteiger partial charge in [0.15, 0.2) is 0 Å². The number of nitrogens with zero attached hydrogens (tertiary/aromatic N) is 1. The minimum Gasteiger partial charge on any atom is -0.493 e. The summed E-state index contributed by atoms with van der Waals surface area (Å²) in [6.45, 7) is 8.54. The lowest BCUT2D eigenvalue weighted by molar-refractivity contribution is -0.123. The topological polar surface area (TPSA) is 79.8 Å². The summed E-state index contributed by atoms with van der Waals surface area (Å²) in [5, 5.41) is 7.29. The summed E-state index contributed by atoms with van der Waals surface area (Å²) in [5.74, 6) is 0.390. The number of amides is 2. The molecule has 0 heterocycles. The molecule has 2 aromatic carbocycles. The first kappa shape index (κ1) is 23.4. The average Bonchev–Trinajstić information content (AvgIpc) is 2.71. The van der Waals surface area contributed by atoms with Crippen molar-refractivity contribution in [2.75, 3.05) is 6.61 Å². The zero-order valence-electron chi connectivity index (χ0n) is 17.7. The molecular weight excluding hydrogens is 402 g/mol. The van der Waals surface area contributed by atoms with E-state index in [4.69, 9.17) is 16.3 Å². The monoisotopic (exact) mass is 429 g/mol. The molecule has 0 aromatic heterocycles. The number of hydrazone groups is 1. The summed E-state index contributed by atoms with van der Waals surface area (Å²) in [6.07, 6.45) is 1.54. The van der Waals surface area contributed by atoms with Crippen LogP contribution in [0.25, 0.3) is 0 Å². The molecule has 2 rings (SSSR count). The Kier molecular flexibility index (Phi) is 8.87. The van der Waals surface area contributed by atoms with E-state index in [-0.39, 0.29) is 17.7 Å². The number of benzene rings is 2. The van der Waals surface area contributed by atoms with Crippen LogP contribution in [0, 0.1) is 11.8 Å². The second-order valence-electron chi connectivity index (χ2n) is 7.71. The highest BCUT2D eigenvalue weighted by atomic mass is 35.5. The molecule has 0 radical (unpaired) electrons. The van der Waals surface area contributed by atoms with E-state index in [0.717, 1.165) is 11.3 Å². The Bertz CT molecular complexity index is 862. The summed E-state index contributed by atoms with van der Waals surface area (Å²) in [5.41, 5.74) is 3.75. The van der Waals surface area contributed by atoms with Crippen LogP contribution < -0.4 is 15.5 Å². The van der Waals surface area contributed by atoms with E-state index in [9.17, 15) is 9.59 Å². The Morgan fingerprint density at radius 3 is 2.23 bits per heavy atom. The van der Waals surface area contributed by atoms with Gasteiger partial charge in [0.05, 0.1) is 12.8 Å². The van der Waals surface area contributed by atoms with E-state index in [0.29, 0.717) is 23.1 Å². The third-order valence-electron chi connectivity index (χ3n) is 4.19. The Morgan fingerprint density at radius 2 is 1.67 bits per heavy atom. The van der Waals surface area contributed by atoms with Crippen LogP contribution in [-0.2, 0) is 4.79 Å². The van der Waals surface area contributed by atoms with E-state index in [2.05, 4.69) is 29.7 Å². The Morgan fingerprint density at radius 1 is 1.03 bits per heavy atom. The number of hydrogen-bond donors (Lipinski definition) is 2. The SMILES string of the molecule is CC(C)COc1ccc(/C=N\NC(=O)C(NC(=O)c2ccc(Cl)cc2)C(C)C)cc1. The standard InChI is InChI=1S/C23H28ClN3O3/c1-15(2)14-30-20-11-5-17(6-12-20)13-25-27-23(29)21(16(3)4)26-22(28)18-7-9-19(24)10-8-18/h5-13,15-16,21H,14H2,1-4H3,(H,26,28)(H,27,29)/b25-13-. The van der Waals surface area contributed by atoms with Crippen LogP contribution in [0.4, 0.5) is 0 Å². The average molecular weight is 430 g/mol. The lowest BCUT2D eigenvalue weighted by atomic mass is 10.0. The molecule has 30 heavy (non-hydrogen) atoms. The minimum atomic E-state index is -0.725. The fraction of sp³-hybridized carbons (Fsp3) is 0.348. The molecule has 0 aliphatic rings. The summed E-state index contributed by atoms with van der Waals surface area (Å²) in [6, 6.07) is 13.2. The van der Waals surface area contributed by atoms with Crippen molar-refractivity contribution >= 4 is 29.6 Å². The highest BCUT2D eigenvalue weighted by molar-refractivity contribution is 6.30. The number of hydrogen-bond acceptors (Lipinski definition) is 4. The maximum absolute atomic E-state index is 12.5. The van der Waals surface area contributed by atoms with Crippen molar-refractivity contribution in [1.82, 2.24) is 10.7 Å². The minimum absolute atomic E-state index is 0.117. The molecule has 0 saturated heterocycles. The van der Waals surface area contributed by atoms with E-state index >= 15 is 0 Å². The summed E-state index contributed by atoms with van der Waals surface area (Å²) >= 11 is 5.85. The molecule has 0 bridgehead atoms. The zero-order chi connectivity index (χ0) is 22.1. The van der Waals surface area contributed by atoms with Gasteiger partial charge in [-0.25, -0.2) is 5.43 Å². The van der Waals surface area contributed by atoms with Crippen molar-refractivity contribution in [3.05, 3.63) is 64.7 Å². The largest absolute Gasteiger partial charge is 0.493 e. The smallest absolute Gasteiger partial charge is 0.262 e. The van der Waals surface area contributed by atoms with Crippen molar-refractivity contribution in [2.24, 2.45) is 16.9 Å². The molecule has 0 spiro atoms. The van der Waals surface area contributed by atoms with Crippen LogP contribution in [0.3, 0.4) is 0 Å². The number of carbonyl (C=O) groups is 2. The van der Waals surface area contributed by atoms with Gasteiger partial charge in [-0.2, -0.15) is 5.10 Å². The molecule has 2 N–H and O–H groups in total. The van der Waals surface area contributed by atoms with Crippen molar-refractivity contribution in [2.45, 2.75) is 33.7 Å². The Labute approximate surface area is 182 Å². The molecule has 6 nitrogen and oxygen atoms in total. The summed E-state index contributed by atoms with van der Waals surface area (Å²) < 4.78 is 5.64. The van der Waals surface area contributed by atoms with Crippen LogP contribution >= 0.6 is 11.6 Å². The van der Waals surface area contributed by atoms with E-state index in [1.165, 1.54) is 0 Å². The molecule has 0 aliphatic carbocycles. The Hall–Kier alpha value is -2.86. The van der Waals surface area contributed by atoms with Crippen molar-refractivity contribution in [3.8, 4) is 5.75 Å². The van der Waals surface area contributed by atoms with Crippen molar-refractivity contribution in [1.29, 1.82) is 0 Å². The number of ether oxygens (including phenoxy) is 1. The number of rotatable bonds is 9. The third-order valence-corrected chi connectivity index (χ3v) is 4.45. The lowest BCUT2D eigenvalue weighted by Crippen LogP contribution is -2.48. The normalized spacial score (nSPS) is 12.2. The van der Waals surface area contributed by atoms with E-state index in [1.54, 1.807) is 30.5 Å². The van der Waals surface area contributed by atoms with Gasteiger partial charge in [-0.1, -0.05) is 39.3 Å². The molecule has 1 atom stereocenters. The summed E-state index contributed by atoms with van der Waals surface area (Å²) in [4.78, 5) is 24.9. The van der Waals surface area contributed by atoms with E-state index in [1.807, 2.05) is 38.1 Å². The predicted octanol–water partition coefficient (Wildman–Crippen LogP) is 4.28. The molecule has 160 valence electrons. The first-order chi connectivity index (χ1) is 14.3. The van der Waals surface area contributed by atoms with Gasteiger partial charge >= 0.3 is 0 Å². The molecular formula is C23H28ClN3O3. The first-order valence-corrected chi connectivity index (χ1v) is 10.3. The van der Waals surface area contributed by atoms with Gasteiger partial charge in [0, 0.05) is 10.6 Å². The van der Waals surface area contributed by atoms with Gasteiger partial charge in [0.2, 0.25) is 0 Å². The van der Waals surface area contributed by atoms with Crippen LogP contribution in [0.1, 0.15) is 43.6 Å². The zero-order valence-corrected chi connectivity index (χ0v) is 18.4.